The van der Waals surface area contributed by atoms with Crippen LogP contribution in [-0.2, 0) is 24.1 Å². The highest BCUT2D eigenvalue weighted by Gasteiger charge is 2.33. The van der Waals surface area contributed by atoms with Gasteiger partial charge < -0.3 is 4.90 Å². The van der Waals surface area contributed by atoms with Crippen LogP contribution in [0.25, 0.3) is 0 Å². The molecule has 0 spiro atoms. The Kier molecular flexibility index (Phi) is 5.03. The molecule has 0 N–H and O–H groups in total. The van der Waals surface area contributed by atoms with Crippen LogP contribution < -0.4 is 0 Å². The van der Waals surface area contributed by atoms with Gasteiger partial charge in [-0.25, -0.2) is 0 Å². The number of carbonyl (C=O) groups is 1. The van der Waals surface area contributed by atoms with Crippen molar-refractivity contribution in [2.24, 2.45) is 0 Å². The van der Waals surface area contributed by atoms with Crippen LogP contribution in [0.3, 0.4) is 0 Å². The van der Waals surface area contributed by atoms with Crippen LogP contribution in [0.2, 0.25) is 0 Å². The largest absolute Gasteiger partial charge is 0.435 e. The van der Waals surface area contributed by atoms with E-state index in [4.69, 9.17) is 0 Å². The fraction of sp³-hybridized carbons (Fsp3) is 0.438. The maximum atomic E-state index is 12.5. The summed E-state index contributed by atoms with van der Waals surface area (Å²) in [4.78, 5) is 20.4. The molecule has 25 heavy (non-hydrogen) atoms. The number of hydrogen-bond acceptors (Lipinski definition) is 4. The zero-order valence-corrected chi connectivity index (χ0v) is 13.5. The van der Waals surface area contributed by atoms with Gasteiger partial charge in [0.05, 0.1) is 5.69 Å². The summed E-state index contributed by atoms with van der Waals surface area (Å²) in [5.41, 5.74) is -0.0148. The van der Waals surface area contributed by atoms with E-state index in [0.717, 1.165) is 23.0 Å². The molecule has 0 saturated carbocycles. The van der Waals surface area contributed by atoms with Crippen LogP contribution in [0.15, 0.2) is 36.7 Å². The third-order valence-corrected chi connectivity index (χ3v) is 4.07. The summed E-state index contributed by atoms with van der Waals surface area (Å²) in [6.07, 6.45) is -1.57. The molecule has 0 aromatic carbocycles. The molecule has 0 bridgehead atoms. The molecular weight excluding hydrogens is 335 g/mol. The highest BCUT2D eigenvalue weighted by atomic mass is 19.4. The fourth-order valence-corrected chi connectivity index (χ4v) is 2.72. The molecule has 134 valence electrons. The van der Waals surface area contributed by atoms with E-state index in [2.05, 4.69) is 15.0 Å². The predicted molar refractivity (Wildman–Crippen MR) is 83.3 cm³/mol. The van der Waals surface area contributed by atoms with E-state index in [1.54, 1.807) is 11.1 Å². The SMILES string of the molecule is O=C(Cn1ccc(C(F)(F)F)n1)N1CCN(Cc2ccccn2)CC1. The summed E-state index contributed by atoms with van der Waals surface area (Å²) in [6.45, 7) is 3.02. The molecule has 2 aromatic heterocycles. The summed E-state index contributed by atoms with van der Waals surface area (Å²) in [5, 5.41) is 3.41. The van der Waals surface area contributed by atoms with Crippen molar-refractivity contribution >= 4 is 5.91 Å². The molecule has 0 aliphatic carbocycles. The minimum absolute atomic E-state index is 0.184. The molecule has 1 amide bonds. The van der Waals surface area contributed by atoms with Gasteiger partial charge >= 0.3 is 6.18 Å². The van der Waals surface area contributed by atoms with Crippen molar-refractivity contribution in [3.63, 3.8) is 0 Å². The Bertz CT molecular complexity index is 708. The standard InChI is InChI=1S/C16H18F3N5O/c17-16(18,19)14-4-6-24(21-14)12-15(25)23-9-7-22(8-10-23)11-13-3-1-2-5-20-13/h1-6H,7-12H2. The number of piperazine rings is 1. The van der Waals surface area contributed by atoms with Crippen LogP contribution in [0, 0.1) is 0 Å². The van der Waals surface area contributed by atoms with E-state index in [0.29, 0.717) is 26.2 Å². The molecule has 6 nitrogen and oxygen atoms in total. The summed E-state index contributed by atoms with van der Waals surface area (Å²) in [5.74, 6) is -0.227. The maximum absolute atomic E-state index is 12.5. The van der Waals surface area contributed by atoms with Crippen LogP contribution in [0.5, 0.6) is 0 Å². The zero-order chi connectivity index (χ0) is 17.9. The second-order valence-corrected chi connectivity index (χ2v) is 5.87. The molecule has 2 aromatic rings. The maximum Gasteiger partial charge on any atom is 0.435 e. The summed E-state index contributed by atoms with van der Waals surface area (Å²) >= 11 is 0. The number of halogens is 3. The van der Waals surface area contributed by atoms with E-state index in [1.165, 1.54) is 6.20 Å². The smallest absolute Gasteiger partial charge is 0.339 e. The average molecular weight is 353 g/mol. The van der Waals surface area contributed by atoms with E-state index in [9.17, 15) is 18.0 Å². The first kappa shape index (κ1) is 17.4. The van der Waals surface area contributed by atoms with Gasteiger partial charge in [0.15, 0.2) is 5.69 Å². The Morgan fingerprint density at radius 2 is 1.88 bits per heavy atom. The number of aromatic nitrogens is 3. The lowest BCUT2D eigenvalue weighted by Crippen LogP contribution is -2.49. The molecule has 0 atom stereocenters. The Hall–Kier alpha value is -2.42. The van der Waals surface area contributed by atoms with Gasteiger partial charge in [0.1, 0.15) is 6.54 Å². The molecule has 3 heterocycles. The van der Waals surface area contributed by atoms with Crippen molar-refractivity contribution in [2.75, 3.05) is 26.2 Å². The van der Waals surface area contributed by atoms with Crippen LogP contribution in [0.1, 0.15) is 11.4 Å². The van der Waals surface area contributed by atoms with Gasteiger partial charge in [-0.2, -0.15) is 18.3 Å². The van der Waals surface area contributed by atoms with Crippen molar-refractivity contribution < 1.29 is 18.0 Å². The van der Waals surface area contributed by atoms with Crippen LogP contribution in [0.4, 0.5) is 13.2 Å². The average Bonchev–Trinajstić information content (AvgIpc) is 3.05. The van der Waals surface area contributed by atoms with E-state index >= 15 is 0 Å². The summed E-state index contributed by atoms with van der Waals surface area (Å²) in [6, 6.07) is 6.62. The molecule has 1 saturated heterocycles. The lowest BCUT2D eigenvalue weighted by Gasteiger charge is -2.34. The first-order chi connectivity index (χ1) is 11.9. The van der Waals surface area contributed by atoms with Crippen molar-refractivity contribution in [3.05, 3.63) is 48.0 Å². The third kappa shape index (κ3) is 4.56. The quantitative estimate of drug-likeness (QED) is 0.839. The van der Waals surface area contributed by atoms with Gasteiger partial charge in [-0.1, -0.05) is 6.07 Å². The number of carbonyl (C=O) groups excluding carboxylic acids is 1. The highest BCUT2D eigenvalue weighted by Crippen LogP contribution is 2.27. The molecule has 0 radical (unpaired) electrons. The first-order valence-corrected chi connectivity index (χ1v) is 7.92. The fourth-order valence-electron chi connectivity index (χ4n) is 2.72. The number of alkyl halides is 3. The topological polar surface area (TPSA) is 54.3 Å². The normalized spacial score (nSPS) is 16.2. The third-order valence-electron chi connectivity index (χ3n) is 4.07. The number of nitrogens with zero attached hydrogens (tertiary/aromatic N) is 5. The van der Waals surface area contributed by atoms with Crippen LogP contribution >= 0.6 is 0 Å². The number of pyridine rings is 1. The molecule has 1 aliphatic rings. The molecule has 0 unspecified atom stereocenters. The molecule has 3 rings (SSSR count). The van der Waals surface area contributed by atoms with Gasteiger partial charge in [0.2, 0.25) is 5.91 Å². The molecule has 9 heteroatoms. The lowest BCUT2D eigenvalue weighted by atomic mass is 10.2. The summed E-state index contributed by atoms with van der Waals surface area (Å²) < 4.78 is 38.6. The number of rotatable bonds is 4. The number of amides is 1. The van der Waals surface area contributed by atoms with Gasteiger partial charge in [-0.05, 0) is 18.2 Å². The Morgan fingerprint density at radius 1 is 1.12 bits per heavy atom. The van der Waals surface area contributed by atoms with E-state index < -0.39 is 11.9 Å². The van der Waals surface area contributed by atoms with Gasteiger partial charge in [0.25, 0.3) is 0 Å². The van der Waals surface area contributed by atoms with Crippen molar-refractivity contribution in [3.8, 4) is 0 Å². The first-order valence-electron chi connectivity index (χ1n) is 7.92. The van der Waals surface area contributed by atoms with Gasteiger partial charge in [-0.3, -0.25) is 19.4 Å². The number of hydrogen-bond donors (Lipinski definition) is 0. The molecular formula is C16H18F3N5O. The Morgan fingerprint density at radius 3 is 2.48 bits per heavy atom. The monoisotopic (exact) mass is 353 g/mol. The predicted octanol–water partition coefficient (Wildman–Crippen LogP) is 1.64. The minimum atomic E-state index is -4.49. The molecule has 1 aliphatic heterocycles. The van der Waals surface area contributed by atoms with Gasteiger partial charge in [-0.15, -0.1) is 0 Å². The van der Waals surface area contributed by atoms with Crippen molar-refractivity contribution in [1.29, 1.82) is 0 Å². The minimum Gasteiger partial charge on any atom is -0.339 e. The van der Waals surface area contributed by atoms with Crippen molar-refractivity contribution in [2.45, 2.75) is 19.3 Å². The Labute approximate surface area is 142 Å². The van der Waals surface area contributed by atoms with Crippen molar-refractivity contribution in [1.82, 2.24) is 24.6 Å². The van der Waals surface area contributed by atoms with Crippen LogP contribution in [-0.4, -0.2) is 56.7 Å². The highest BCUT2D eigenvalue weighted by molar-refractivity contribution is 5.76. The van der Waals surface area contributed by atoms with E-state index in [1.807, 2.05) is 18.2 Å². The van der Waals surface area contributed by atoms with E-state index in [-0.39, 0.29) is 12.5 Å². The zero-order valence-electron chi connectivity index (χ0n) is 13.5. The van der Waals surface area contributed by atoms with Gasteiger partial charge in [0, 0.05) is 45.1 Å². The lowest BCUT2D eigenvalue weighted by molar-refractivity contribution is -0.142. The second-order valence-electron chi connectivity index (χ2n) is 5.87. The second kappa shape index (κ2) is 7.22. The molecule has 1 fully saturated rings. The summed E-state index contributed by atoms with van der Waals surface area (Å²) in [7, 11) is 0. The Balaban J connectivity index is 1.49.